The van der Waals surface area contributed by atoms with Gasteiger partial charge in [0.15, 0.2) is 5.78 Å². The minimum Gasteiger partial charge on any atom is -0.295 e. The molecule has 2 aromatic carbocycles. The van der Waals surface area contributed by atoms with Gasteiger partial charge in [-0.05, 0) is 38.5 Å². The zero-order chi connectivity index (χ0) is 20.3. The van der Waals surface area contributed by atoms with Gasteiger partial charge in [0.1, 0.15) is 0 Å². The molecule has 0 radical (unpaired) electrons. The fraction of sp³-hybridized carbons (Fsp3) is 0.238. The molecular weight excluding hydrogens is 374 g/mol. The predicted octanol–water partition coefficient (Wildman–Crippen LogP) is 3.35. The second-order valence-electron chi connectivity index (χ2n) is 6.61. The smallest absolute Gasteiger partial charge is 0.240 e. The quantitative estimate of drug-likeness (QED) is 0.620. The van der Waals surface area contributed by atoms with Gasteiger partial charge < -0.3 is 0 Å². The van der Waals surface area contributed by atoms with Crippen molar-refractivity contribution >= 4 is 15.8 Å². The van der Waals surface area contributed by atoms with Crippen LogP contribution in [-0.2, 0) is 16.6 Å². The fourth-order valence-corrected chi connectivity index (χ4v) is 4.20. The van der Waals surface area contributed by atoms with E-state index in [9.17, 15) is 13.2 Å². The van der Waals surface area contributed by atoms with Crippen LogP contribution in [0.25, 0.3) is 11.1 Å². The summed E-state index contributed by atoms with van der Waals surface area (Å²) in [6.07, 6.45) is 0. The number of nitrogens with one attached hydrogen (secondary N) is 1. The molecule has 1 heterocycles. The minimum atomic E-state index is -3.64. The van der Waals surface area contributed by atoms with Gasteiger partial charge in [-0.25, -0.2) is 13.1 Å². The number of rotatable bonds is 7. The minimum absolute atomic E-state index is 0.101. The summed E-state index contributed by atoms with van der Waals surface area (Å²) in [5.74, 6) is -0.101. The van der Waals surface area contributed by atoms with Crippen LogP contribution < -0.4 is 4.72 Å². The van der Waals surface area contributed by atoms with E-state index >= 15 is 0 Å². The third-order valence-corrected chi connectivity index (χ3v) is 6.11. The summed E-state index contributed by atoms with van der Waals surface area (Å²) in [6.45, 7) is 6.01. The Kier molecular flexibility index (Phi) is 5.76. The average Bonchev–Trinajstić information content (AvgIpc) is 2.96. The molecule has 0 aliphatic heterocycles. The first-order valence-corrected chi connectivity index (χ1v) is 10.5. The highest BCUT2D eigenvalue weighted by molar-refractivity contribution is 7.89. The maximum absolute atomic E-state index is 12.5. The zero-order valence-electron chi connectivity index (χ0n) is 16.1. The Balaban J connectivity index is 1.70. The van der Waals surface area contributed by atoms with E-state index in [0.29, 0.717) is 12.1 Å². The summed E-state index contributed by atoms with van der Waals surface area (Å²) in [5.41, 5.74) is 4.55. The number of nitrogens with zero attached hydrogens (tertiary/aromatic N) is 2. The van der Waals surface area contributed by atoms with Crippen molar-refractivity contribution in [2.75, 3.05) is 6.54 Å². The number of carbonyl (C=O) groups is 1. The maximum Gasteiger partial charge on any atom is 0.240 e. The van der Waals surface area contributed by atoms with E-state index < -0.39 is 10.0 Å². The maximum atomic E-state index is 12.5. The Morgan fingerprint density at radius 3 is 2.29 bits per heavy atom. The van der Waals surface area contributed by atoms with Crippen LogP contribution in [0.4, 0.5) is 0 Å². The van der Waals surface area contributed by atoms with Crippen molar-refractivity contribution in [2.24, 2.45) is 0 Å². The van der Waals surface area contributed by atoms with Gasteiger partial charge in [0.2, 0.25) is 10.0 Å². The summed E-state index contributed by atoms with van der Waals surface area (Å²) >= 11 is 0. The topological polar surface area (TPSA) is 81.1 Å². The molecule has 0 saturated heterocycles. The molecule has 3 aromatic rings. The lowest BCUT2D eigenvalue weighted by Crippen LogP contribution is -2.28. The average molecular weight is 398 g/mol. The van der Waals surface area contributed by atoms with Gasteiger partial charge in [-0.15, -0.1) is 0 Å². The van der Waals surface area contributed by atoms with Crippen molar-refractivity contribution < 1.29 is 13.2 Å². The number of Topliss-reactive ketones (excluding diaryl/α,β-unsaturated/α-hetero) is 1. The molecule has 0 aliphatic rings. The van der Waals surface area contributed by atoms with Crippen LogP contribution in [-0.4, -0.2) is 30.5 Å². The first-order chi connectivity index (χ1) is 13.3. The standard InChI is InChI=1S/C21H23N3O3S/c1-15-21(19-7-5-4-6-8-19)16(2)24(23-15)14-13-22-28(26,27)20-11-9-18(10-12-20)17(3)25/h4-12,22H,13-14H2,1-3H3. The number of sulfonamides is 1. The lowest BCUT2D eigenvalue weighted by Gasteiger charge is -2.09. The van der Waals surface area contributed by atoms with Crippen LogP contribution in [0.5, 0.6) is 0 Å². The zero-order valence-corrected chi connectivity index (χ0v) is 17.0. The van der Waals surface area contributed by atoms with E-state index in [1.807, 2.05) is 48.9 Å². The third kappa shape index (κ3) is 4.21. The number of aryl methyl sites for hydroxylation is 1. The van der Waals surface area contributed by atoms with Gasteiger partial charge in [-0.2, -0.15) is 5.10 Å². The fourth-order valence-electron chi connectivity index (χ4n) is 3.18. The van der Waals surface area contributed by atoms with E-state index in [-0.39, 0.29) is 17.2 Å². The van der Waals surface area contributed by atoms with Crippen LogP contribution in [0.15, 0.2) is 59.5 Å². The van der Waals surface area contributed by atoms with Gasteiger partial charge in [0.05, 0.1) is 17.1 Å². The Morgan fingerprint density at radius 1 is 1.04 bits per heavy atom. The summed E-state index contributed by atoms with van der Waals surface area (Å²) < 4.78 is 29.3. The number of hydrogen-bond donors (Lipinski definition) is 1. The Hall–Kier alpha value is -2.77. The second-order valence-corrected chi connectivity index (χ2v) is 8.38. The number of benzene rings is 2. The molecule has 0 bridgehead atoms. The van der Waals surface area contributed by atoms with Crippen molar-refractivity contribution in [3.63, 3.8) is 0 Å². The Labute approximate surface area is 165 Å². The van der Waals surface area contributed by atoms with E-state index in [0.717, 1.165) is 22.5 Å². The molecule has 6 nitrogen and oxygen atoms in total. The largest absolute Gasteiger partial charge is 0.295 e. The molecule has 1 N–H and O–H groups in total. The molecule has 0 amide bonds. The van der Waals surface area contributed by atoms with Gasteiger partial charge in [-0.3, -0.25) is 9.48 Å². The van der Waals surface area contributed by atoms with Crippen molar-refractivity contribution in [3.05, 3.63) is 71.5 Å². The number of ketones is 1. The SMILES string of the molecule is CC(=O)c1ccc(S(=O)(=O)NCCn2nc(C)c(-c3ccccc3)c2C)cc1. The molecule has 1 aromatic heterocycles. The predicted molar refractivity (Wildman–Crippen MR) is 109 cm³/mol. The number of aromatic nitrogens is 2. The molecule has 0 atom stereocenters. The van der Waals surface area contributed by atoms with E-state index in [1.165, 1.54) is 31.2 Å². The highest BCUT2D eigenvalue weighted by atomic mass is 32.2. The lowest BCUT2D eigenvalue weighted by atomic mass is 10.0. The van der Waals surface area contributed by atoms with Gasteiger partial charge in [0, 0.05) is 23.4 Å². The van der Waals surface area contributed by atoms with E-state index in [2.05, 4.69) is 9.82 Å². The summed E-state index contributed by atoms with van der Waals surface area (Å²) in [5, 5.41) is 4.55. The molecule has 3 rings (SSSR count). The van der Waals surface area contributed by atoms with Crippen molar-refractivity contribution in [3.8, 4) is 11.1 Å². The van der Waals surface area contributed by atoms with Crippen LogP contribution >= 0.6 is 0 Å². The normalized spacial score (nSPS) is 11.5. The summed E-state index contributed by atoms with van der Waals surface area (Å²) in [7, 11) is -3.64. The highest BCUT2D eigenvalue weighted by Crippen LogP contribution is 2.26. The van der Waals surface area contributed by atoms with Crippen LogP contribution in [0, 0.1) is 13.8 Å². The van der Waals surface area contributed by atoms with Gasteiger partial charge in [-0.1, -0.05) is 42.5 Å². The van der Waals surface area contributed by atoms with Gasteiger partial charge >= 0.3 is 0 Å². The molecule has 146 valence electrons. The summed E-state index contributed by atoms with van der Waals surface area (Å²) in [4.78, 5) is 11.5. The molecule has 0 saturated carbocycles. The molecule has 28 heavy (non-hydrogen) atoms. The molecule has 7 heteroatoms. The third-order valence-electron chi connectivity index (χ3n) is 4.63. The second kappa shape index (κ2) is 8.08. The Morgan fingerprint density at radius 2 is 1.68 bits per heavy atom. The molecule has 0 aliphatic carbocycles. The molecule has 0 spiro atoms. The Bertz CT molecular complexity index is 1090. The van der Waals surface area contributed by atoms with Crippen LogP contribution in [0.1, 0.15) is 28.7 Å². The first-order valence-electron chi connectivity index (χ1n) is 8.99. The van der Waals surface area contributed by atoms with Crippen molar-refractivity contribution in [1.82, 2.24) is 14.5 Å². The monoisotopic (exact) mass is 397 g/mol. The van der Waals surface area contributed by atoms with Crippen LogP contribution in [0.2, 0.25) is 0 Å². The molecule has 0 fully saturated rings. The van der Waals surface area contributed by atoms with Crippen LogP contribution in [0.3, 0.4) is 0 Å². The van der Waals surface area contributed by atoms with E-state index in [1.54, 1.807) is 0 Å². The first kappa shape index (κ1) is 20.0. The van der Waals surface area contributed by atoms with Crippen molar-refractivity contribution in [1.29, 1.82) is 0 Å². The number of hydrogen-bond acceptors (Lipinski definition) is 4. The summed E-state index contributed by atoms with van der Waals surface area (Å²) in [6, 6.07) is 15.9. The lowest BCUT2D eigenvalue weighted by molar-refractivity contribution is 0.101. The molecule has 0 unspecified atom stereocenters. The number of carbonyl (C=O) groups excluding carboxylic acids is 1. The van der Waals surface area contributed by atoms with Gasteiger partial charge in [0.25, 0.3) is 0 Å². The highest BCUT2D eigenvalue weighted by Gasteiger charge is 2.16. The van der Waals surface area contributed by atoms with E-state index in [4.69, 9.17) is 0 Å². The molecular formula is C21H23N3O3S. The van der Waals surface area contributed by atoms with Crippen molar-refractivity contribution in [2.45, 2.75) is 32.2 Å².